The van der Waals surface area contributed by atoms with Gasteiger partial charge in [-0.1, -0.05) is 18.2 Å². The number of aryl methyl sites for hydroxylation is 2. The van der Waals surface area contributed by atoms with Crippen LogP contribution in [0, 0.1) is 24.0 Å². The number of carbonyl (C=O) groups is 1. The van der Waals surface area contributed by atoms with Crippen LogP contribution in [0.15, 0.2) is 47.8 Å². The molecule has 0 fully saturated rings. The first-order chi connectivity index (χ1) is 12.4. The summed E-state index contributed by atoms with van der Waals surface area (Å²) in [5, 5.41) is 13.9. The molecule has 0 aliphatic heterocycles. The van der Waals surface area contributed by atoms with E-state index in [4.69, 9.17) is 0 Å². The molecular weight excluding hydrogens is 350 g/mol. The number of nitro benzene ring substituents is 1. The van der Waals surface area contributed by atoms with Gasteiger partial charge in [0.25, 0.3) is 11.6 Å². The Kier molecular flexibility index (Phi) is 4.90. The van der Waals surface area contributed by atoms with Gasteiger partial charge in [0.2, 0.25) is 0 Å². The lowest BCUT2D eigenvalue weighted by Crippen LogP contribution is -2.27. The number of nitrogens with zero attached hydrogens (tertiary/aromatic N) is 3. The van der Waals surface area contributed by atoms with Gasteiger partial charge in [0.15, 0.2) is 0 Å². The molecule has 7 heteroatoms. The third-order valence-corrected chi connectivity index (χ3v) is 5.19. The van der Waals surface area contributed by atoms with Gasteiger partial charge in [-0.3, -0.25) is 14.9 Å². The second-order valence-corrected chi connectivity index (χ2v) is 7.03. The SMILES string of the molecule is Cc1ccc(C)n1-c1sccc1C(=O)N(C)Cc1ccccc1[N+](=O)[O-]. The highest BCUT2D eigenvalue weighted by atomic mass is 32.1. The summed E-state index contributed by atoms with van der Waals surface area (Å²) in [5.41, 5.74) is 3.24. The van der Waals surface area contributed by atoms with Crippen LogP contribution < -0.4 is 0 Å². The maximum absolute atomic E-state index is 13.0. The molecule has 3 aromatic rings. The van der Waals surface area contributed by atoms with E-state index in [9.17, 15) is 14.9 Å². The van der Waals surface area contributed by atoms with E-state index in [2.05, 4.69) is 4.57 Å². The molecule has 0 aliphatic rings. The number of carbonyl (C=O) groups excluding carboxylic acids is 1. The highest BCUT2D eigenvalue weighted by molar-refractivity contribution is 7.13. The van der Waals surface area contributed by atoms with Gasteiger partial charge in [0.05, 0.1) is 17.0 Å². The number of aromatic nitrogens is 1. The summed E-state index contributed by atoms with van der Waals surface area (Å²) >= 11 is 1.50. The van der Waals surface area contributed by atoms with E-state index in [0.29, 0.717) is 11.1 Å². The van der Waals surface area contributed by atoms with E-state index in [1.54, 1.807) is 31.3 Å². The van der Waals surface area contributed by atoms with E-state index >= 15 is 0 Å². The summed E-state index contributed by atoms with van der Waals surface area (Å²) in [6, 6.07) is 12.3. The molecule has 0 bridgehead atoms. The predicted molar refractivity (Wildman–Crippen MR) is 102 cm³/mol. The molecule has 6 nitrogen and oxygen atoms in total. The second-order valence-electron chi connectivity index (χ2n) is 6.14. The first kappa shape index (κ1) is 17.9. The van der Waals surface area contributed by atoms with E-state index < -0.39 is 4.92 Å². The zero-order valence-electron chi connectivity index (χ0n) is 14.8. The highest BCUT2D eigenvalue weighted by Gasteiger charge is 2.22. The van der Waals surface area contributed by atoms with Gasteiger partial charge in [-0.05, 0) is 37.4 Å². The number of rotatable bonds is 5. The fraction of sp³-hybridized carbons (Fsp3) is 0.211. The summed E-state index contributed by atoms with van der Waals surface area (Å²) in [4.78, 5) is 25.3. The van der Waals surface area contributed by atoms with Crippen molar-refractivity contribution in [1.29, 1.82) is 0 Å². The quantitative estimate of drug-likeness (QED) is 0.496. The Morgan fingerprint density at radius 2 is 1.81 bits per heavy atom. The summed E-state index contributed by atoms with van der Waals surface area (Å²) in [7, 11) is 1.66. The number of nitro groups is 1. The topological polar surface area (TPSA) is 68.4 Å². The van der Waals surface area contributed by atoms with Crippen molar-refractivity contribution in [3.63, 3.8) is 0 Å². The molecule has 3 rings (SSSR count). The lowest BCUT2D eigenvalue weighted by atomic mass is 10.1. The Balaban J connectivity index is 1.90. The second kappa shape index (κ2) is 7.13. The van der Waals surface area contributed by atoms with Crippen molar-refractivity contribution >= 4 is 22.9 Å². The van der Waals surface area contributed by atoms with E-state index in [0.717, 1.165) is 16.4 Å². The molecule has 2 aromatic heterocycles. The fourth-order valence-electron chi connectivity index (χ4n) is 2.98. The molecule has 0 saturated carbocycles. The normalized spacial score (nSPS) is 10.7. The fourth-order valence-corrected chi connectivity index (χ4v) is 3.99. The van der Waals surface area contributed by atoms with Crippen LogP contribution in [0.5, 0.6) is 0 Å². The number of benzene rings is 1. The van der Waals surface area contributed by atoms with Crippen LogP contribution in [0.3, 0.4) is 0 Å². The molecular formula is C19H19N3O3S. The Hall–Kier alpha value is -2.93. The molecule has 1 amide bonds. The standard InChI is InChI=1S/C19H19N3O3S/c1-13-8-9-14(2)21(13)19-16(10-11-26-19)18(23)20(3)12-15-6-4-5-7-17(15)22(24)25/h4-11H,12H2,1-3H3. The number of hydrogen-bond acceptors (Lipinski definition) is 4. The van der Waals surface area contributed by atoms with Gasteiger partial charge >= 0.3 is 0 Å². The van der Waals surface area contributed by atoms with E-state index in [1.165, 1.54) is 22.3 Å². The maximum Gasteiger partial charge on any atom is 0.274 e. The van der Waals surface area contributed by atoms with Gasteiger partial charge in [-0.15, -0.1) is 11.3 Å². The number of para-hydroxylation sites is 1. The molecule has 0 N–H and O–H groups in total. The minimum Gasteiger partial charge on any atom is -0.337 e. The summed E-state index contributed by atoms with van der Waals surface area (Å²) < 4.78 is 2.05. The molecule has 0 unspecified atom stereocenters. The van der Waals surface area contributed by atoms with Gasteiger partial charge in [0, 0.05) is 30.1 Å². The van der Waals surface area contributed by atoms with Gasteiger partial charge in [-0.25, -0.2) is 0 Å². The largest absolute Gasteiger partial charge is 0.337 e. The molecule has 26 heavy (non-hydrogen) atoms. The van der Waals surface area contributed by atoms with Crippen LogP contribution in [0.25, 0.3) is 5.00 Å². The van der Waals surface area contributed by atoms with Crippen molar-refractivity contribution in [1.82, 2.24) is 9.47 Å². The summed E-state index contributed by atoms with van der Waals surface area (Å²) in [5.74, 6) is -0.160. The monoisotopic (exact) mass is 369 g/mol. The van der Waals surface area contributed by atoms with Gasteiger partial charge in [0.1, 0.15) is 5.00 Å². The Morgan fingerprint density at radius 1 is 1.15 bits per heavy atom. The Labute approximate surface area is 155 Å². The van der Waals surface area contributed by atoms with Gasteiger partial charge < -0.3 is 9.47 Å². The van der Waals surface area contributed by atoms with Crippen molar-refractivity contribution in [2.45, 2.75) is 20.4 Å². The van der Waals surface area contributed by atoms with Crippen LogP contribution in [0.4, 0.5) is 5.69 Å². The first-order valence-corrected chi connectivity index (χ1v) is 8.98. The molecule has 1 aromatic carbocycles. The molecule has 0 aliphatic carbocycles. The van der Waals surface area contributed by atoms with Crippen molar-refractivity contribution in [2.75, 3.05) is 7.05 Å². The zero-order chi connectivity index (χ0) is 18.8. The highest BCUT2D eigenvalue weighted by Crippen LogP contribution is 2.27. The predicted octanol–water partition coefficient (Wildman–Crippen LogP) is 4.34. The van der Waals surface area contributed by atoms with Crippen LogP contribution >= 0.6 is 11.3 Å². The summed E-state index contributed by atoms with van der Waals surface area (Å²) in [6.07, 6.45) is 0. The smallest absolute Gasteiger partial charge is 0.274 e. The maximum atomic E-state index is 13.0. The van der Waals surface area contributed by atoms with E-state index in [1.807, 2.05) is 31.4 Å². The van der Waals surface area contributed by atoms with Gasteiger partial charge in [-0.2, -0.15) is 0 Å². The third kappa shape index (κ3) is 3.25. The minimum atomic E-state index is -0.420. The molecule has 0 radical (unpaired) electrons. The van der Waals surface area contributed by atoms with E-state index in [-0.39, 0.29) is 18.1 Å². The lowest BCUT2D eigenvalue weighted by molar-refractivity contribution is -0.385. The van der Waals surface area contributed by atoms with Crippen LogP contribution in [-0.4, -0.2) is 27.3 Å². The van der Waals surface area contributed by atoms with Crippen LogP contribution in [-0.2, 0) is 6.54 Å². The Morgan fingerprint density at radius 3 is 2.46 bits per heavy atom. The molecule has 0 spiro atoms. The third-order valence-electron chi connectivity index (χ3n) is 4.29. The van der Waals surface area contributed by atoms with Crippen molar-refractivity contribution in [3.8, 4) is 5.00 Å². The molecule has 0 atom stereocenters. The molecule has 2 heterocycles. The summed E-state index contributed by atoms with van der Waals surface area (Å²) in [6.45, 7) is 4.17. The van der Waals surface area contributed by atoms with Crippen molar-refractivity contribution in [2.24, 2.45) is 0 Å². The Bertz CT molecular complexity index is 955. The minimum absolute atomic E-state index is 0.0230. The number of amides is 1. The molecule has 134 valence electrons. The van der Waals surface area contributed by atoms with Crippen LogP contribution in [0.1, 0.15) is 27.3 Å². The first-order valence-electron chi connectivity index (χ1n) is 8.10. The average Bonchev–Trinajstić information content (AvgIpc) is 3.20. The average molecular weight is 369 g/mol. The lowest BCUT2D eigenvalue weighted by Gasteiger charge is -2.18. The van der Waals surface area contributed by atoms with Crippen LogP contribution in [0.2, 0.25) is 0 Å². The number of hydrogen-bond donors (Lipinski definition) is 0. The van der Waals surface area contributed by atoms with Crippen molar-refractivity contribution < 1.29 is 9.72 Å². The van der Waals surface area contributed by atoms with Crippen molar-refractivity contribution in [3.05, 3.63) is 80.5 Å². The molecule has 0 saturated heterocycles. The zero-order valence-corrected chi connectivity index (χ0v) is 15.6. The number of thiophene rings is 1.